The lowest BCUT2D eigenvalue weighted by atomic mass is 10.2. The Morgan fingerprint density at radius 3 is 1.86 bits per heavy atom. The van der Waals surface area contributed by atoms with Crippen LogP contribution in [0.3, 0.4) is 0 Å². The highest BCUT2D eigenvalue weighted by Gasteiger charge is 2.28. The van der Waals surface area contributed by atoms with E-state index in [0.717, 1.165) is 0 Å². The van der Waals surface area contributed by atoms with Gasteiger partial charge in [0.2, 0.25) is 0 Å². The van der Waals surface area contributed by atoms with Gasteiger partial charge in [-0.2, -0.15) is 0 Å². The van der Waals surface area contributed by atoms with Gasteiger partial charge in [0.15, 0.2) is 8.32 Å². The zero-order valence-electron chi connectivity index (χ0n) is 8.90. The van der Waals surface area contributed by atoms with Crippen LogP contribution in [0.1, 0.15) is 19.8 Å². The van der Waals surface area contributed by atoms with Crippen molar-refractivity contribution in [3.8, 4) is 0 Å². The van der Waals surface area contributed by atoms with Crippen molar-refractivity contribution in [3.05, 3.63) is 0 Å². The van der Waals surface area contributed by atoms with Crippen molar-refractivity contribution in [1.29, 1.82) is 0 Å². The van der Waals surface area contributed by atoms with E-state index in [-0.39, 0.29) is 0 Å². The summed E-state index contributed by atoms with van der Waals surface area (Å²) in [4.78, 5) is 29.3. The van der Waals surface area contributed by atoms with Crippen molar-refractivity contribution in [1.82, 2.24) is 0 Å². The minimum absolute atomic E-state index is 0.542. The molecule has 0 radical (unpaired) electrons. The maximum atomic E-state index is 7.33. The summed E-state index contributed by atoms with van der Waals surface area (Å²) in [7, 11) is -5.76. The molecule has 14 heavy (non-hydrogen) atoms. The molecule has 1 fully saturated rings. The molecule has 4 N–H and O–H groups in total. The van der Waals surface area contributed by atoms with Gasteiger partial charge in [-0.25, -0.2) is 0 Å². The summed E-state index contributed by atoms with van der Waals surface area (Å²) in [5, 5.41) is 0. The topological polar surface area (TPSA) is 90.2 Å². The van der Waals surface area contributed by atoms with Gasteiger partial charge in [0, 0.05) is 6.10 Å². The van der Waals surface area contributed by atoms with Crippen molar-refractivity contribution >= 4 is 17.4 Å². The van der Waals surface area contributed by atoms with Crippen LogP contribution in [0, 0.1) is 0 Å². The molecule has 5 nitrogen and oxygen atoms in total. The number of hydrogen-bond acceptors (Lipinski definition) is 5. The molecule has 1 heterocycles. The van der Waals surface area contributed by atoms with Gasteiger partial charge in [-0.15, -0.1) is 0 Å². The molecular weight excluding hydrogens is 220 g/mol. The van der Waals surface area contributed by atoms with E-state index < -0.39 is 17.4 Å². The molecule has 0 saturated carbocycles. The summed E-state index contributed by atoms with van der Waals surface area (Å²) in [6, 6.07) is 1.36. The highest BCUT2D eigenvalue weighted by Crippen LogP contribution is 2.24. The molecule has 0 amide bonds. The van der Waals surface area contributed by atoms with Crippen LogP contribution in [0.2, 0.25) is 19.1 Å². The van der Waals surface area contributed by atoms with E-state index in [1.54, 1.807) is 0 Å². The van der Waals surface area contributed by atoms with E-state index in [0.29, 0.717) is 6.10 Å². The molecule has 1 atom stereocenters. The van der Waals surface area contributed by atoms with Crippen LogP contribution < -0.4 is 0 Å². The molecule has 0 aromatic rings. The summed E-state index contributed by atoms with van der Waals surface area (Å²) < 4.78 is 5.81. The molecule has 1 rings (SSSR count). The van der Waals surface area contributed by atoms with E-state index in [1.807, 2.05) is 0 Å². The first-order valence-electron chi connectivity index (χ1n) is 4.67. The summed E-state index contributed by atoms with van der Waals surface area (Å²) in [5.74, 6) is 0. The molecule has 86 valence electrons. The van der Waals surface area contributed by atoms with E-state index in [4.69, 9.17) is 23.6 Å². The van der Waals surface area contributed by atoms with Crippen LogP contribution in [0.4, 0.5) is 0 Å². The average molecular weight is 240 g/mol. The quantitative estimate of drug-likeness (QED) is 0.440. The maximum Gasteiger partial charge on any atom is 0.668 e. The first-order valence-corrected chi connectivity index (χ1v) is 9.58. The van der Waals surface area contributed by atoms with Gasteiger partial charge in [-0.1, -0.05) is 6.42 Å². The van der Waals surface area contributed by atoms with E-state index in [2.05, 4.69) is 20.0 Å². The molecule has 1 aliphatic heterocycles. The molecule has 0 aliphatic carbocycles. The standard InChI is InChI=1S/C7H16OSi.H4O4Si/c1-7-5-4-6-9(2,3)8-7;1-5(2,3)4/h7H,4-6H2,1-3H3;1-4H. The lowest BCUT2D eigenvalue weighted by molar-refractivity contribution is 0.117. The lowest BCUT2D eigenvalue weighted by Gasteiger charge is -2.32. The van der Waals surface area contributed by atoms with Gasteiger partial charge < -0.3 is 23.6 Å². The zero-order chi connectivity index (χ0) is 11.4. The predicted octanol–water partition coefficient (Wildman–Crippen LogP) is -0.218. The van der Waals surface area contributed by atoms with Gasteiger partial charge in [-0.3, -0.25) is 0 Å². The first kappa shape index (κ1) is 14.2. The minimum Gasteiger partial charge on any atom is -0.415 e. The van der Waals surface area contributed by atoms with Crippen LogP contribution >= 0.6 is 0 Å². The van der Waals surface area contributed by atoms with Gasteiger partial charge in [0.05, 0.1) is 0 Å². The molecule has 1 aliphatic rings. The summed E-state index contributed by atoms with van der Waals surface area (Å²) >= 11 is 0. The first-order chi connectivity index (χ1) is 6.10. The monoisotopic (exact) mass is 240 g/mol. The molecule has 0 aromatic heterocycles. The highest BCUT2D eigenvalue weighted by molar-refractivity contribution is 6.71. The van der Waals surface area contributed by atoms with Crippen LogP contribution in [0.25, 0.3) is 0 Å². The Morgan fingerprint density at radius 2 is 1.64 bits per heavy atom. The van der Waals surface area contributed by atoms with Gasteiger partial charge in [0.1, 0.15) is 0 Å². The van der Waals surface area contributed by atoms with Crippen LogP contribution in [0.15, 0.2) is 0 Å². The zero-order valence-corrected chi connectivity index (χ0v) is 10.9. The van der Waals surface area contributed by atoms with Gasteiger partial charge in [-0.05, 0) is 32.5 Å². The van der Waals surface area contributed by atoms with Crippen molar-refractivity contribution < 1.29 is 23.6 Å². The molecule has 0 aromatic carbocycles. The number of hydrogen-bond donors (Lipinski definition) is 4. The third-order valence-corrected chi connectivity index (χ3v) is 4.51. The molecule has 0 spiro atoms. The Morgan fingerprint density at radius 1 is 1.21 bits per heavy atom. The molecule has 7 heteroatoms. The van der Waals surface area contributed by atoms with E-state index in [9.17, 15) is 0 Å². The van der Waals surface area contributed by atoms with Crippen LogP contribution in [-0.2, 0) is 4.43 Å². The molecule has 0 bridgehead atoms. The minimum atomic E-state index is -4.61. The Bertz CT molecular complexity index is 162. The second-order valence-electron chi connectivity index (χ2n) is 4.18. The summed E-state index contributed by atoms with van der Waals surface area (Å²) in [5.41, 5.74) is 0. The predicted molar refractivity (Wildman–Crippen MR) is 56.7 cm³/mol. The van der Waals surface area contributed by atoms with Gasteiger partial charge >= 0.3 is 9.05 Å². The maximum absolute atomic E-state index is 7.33. The SMILES string of the molecule is CC1CCC[Si](C)(C)O1.O[Si](O)(O)O. The fourth-order valence-corrected chi connectivity index (χ4v) is 3.86. The molecule has 1 unspecified atom stereocenters. The fraction of sp³-hybridized carbons (Fsp3) is 1.00. The molecule has 1 saturated heterocycles. The number of rotatable bonds is 0. The normalized spacial score (nSPS) is 26.4. The largest absolute Gasteiger partial charge is 0.668 e. The van der Waals surface area contributed by atoms with Crippen LogP contribution in [0.5, 0.6) is 0 Å². The van der Waals surface area contributed by atoms with Gasteiger partial charge in [0.25, 0.3) is 0 Å². The average Bonchev–Trinajstić information content (AvgIpc) is 1.78. The van der Waals surface area contributed by atoms with Crippen molar-refractivity contribution in [2.24, 2.45) is 0 Å². The van der Waals surface area contributed by atoms with Crippen LogP contribution in [-0.4, -0.2) is 42.7 Å². The summed E-state index contributed by atoms with van der Waals surface area (Å²) in [6.45, 7) is 6.80. The second kappa shape index (κ2) is 5.35. The van der Waals surface area contributed by atoms with Crippen molar-refractivity contribution in [2.45, 2.75) is 45.0 Å². The Hall–Kier alpha value is 0.234. The van der Waals surface area contributed by atoms with Crippen molar-refractivity contribution in [2.75, 3.05) is 0 Å². The third-order valence-electron chi connectivity index (χ3n) is 1.91. The smallest absolute Gasteiger partial charge is 0.415 e. The lowest BCUT2D eigenvalue weighted by Crippen LogP contribution is -2.37. The Kier molecular flexibility index (Phi) is 5.44. The van der Waals surface area contributed by atoms with Crippen molar-refractivity contribution in [3.63, 3.8) is 0 Å². The fourth-order valence-electron chi connectivity index (χ4n) is 1.48. The highest BCUT2D eigenvalue weighted by atomic mass is 28.4. The van der Waals surface area contributed by atoms with E-state index in [1.165, 1.54) is 18.9 Å². The Labute approximate surface area is 86.6 Å². The third kappa shape index (κ3) is 10.3. The summed E-state index contributed by atoms with van der Waals surface area (Å²) in [6.07, 6.45) is 3.21. The van der Waals surface area contributed by atoms with E-state index >= 15 is 0 Å². The Balaban J connectivity index is 0.000000292. The second-order valence-corrected chi connectivity index (χ2v) is 9.64. The molecular formula is C7H20O5Si2.